The third-order valence-corrected chi connectivity index (χ3v) is 4.77. The normalized spacial score (nSPS) is 19.2. The molecular formula is C18H17N5O. The molecule has 6 heteroatoms. The number of hydrogen-bond donors (Lipinski definition) is 1. The first-order valence-electron chi connectivity index (χ1n) is 8.37. The molecule has 0 spiro atoms. The Bertz CT molecular complexity index is 886. The van der Waals surface area contributed by atoms with Crippen LogP contribution in [0, 0.1) is 0 Å². The van der Waals surface area contributed by atoms with E-state index in [1.165, 1.54) is 11.1 Å². The maximum atomic E-state index is 5.45. The van der Waals surface area contributed by atoms with E-state index in [1.807, 2.05) is 0 Å². The van der Waals surface area contributed by atoms with Gasteiger partial charge in [-0.1, -0.05) is 29.4 Å². The van der Waals surface area contributed by atoms with Crippen molar-refractivity contribution in [3.05, 3.63) is 53.7 Å². The van der Waals surface area contributed by atoms with Gasteiger partial charge in [-0.3, -0.25) is 0 Å². The topological polar surface area (TPSA) is 76.7 Å². The SMILES string of the molecule is c1ccc2c(c1)CCC2Nc1ncncc1-c1nc(C2CC2)no1. The minimum absolute atomic E-state index is 0.251. The van der Waals surface area contributed by atoms with Crippen LogP contribution >= 0.6 is 0 Å². The van der Waals surface area contributed by atoms with Crippen LogP contribution in [0.3, 0.4) is 0 Å². The average molecular weight is 319 g/mol. The second-order valence-electron chi connectivity index (χ2n) is 6.45. The van der Waals surface area contributed by atoms with Gasteiger partial charge in [-0.25, -0.2) is 9.97 Å². The number of nitrogens with zero attached hydrogens (tertiary/aromatic N) is 4. The molecule has 2 aliphatic rings. The minimum atomic E-state index is 0.251. The summed E-state index contributed by atoms with van der Waals surface area (Å²) in [5, 5.41) is 7.63. The van der Waals surface area contributed by atoms with Crippen LogP contribution in [-0.2, 0) is 6.42 Å². The van der Waals surface area contributed by atoms with Gasteiger partial charge in [0.05, 0.1) is 6.04 Å². The first-order valence-corrected chi connectivity index (χ1v) is 8.37. The van der Waals surface area contributed by atoms with E-state index in [9.17, 15) is 0 Å². The van der Waals surface area contributed by atoms with Gasteiger partial charge in [0.2, 0.25) is 0 Å². The number of benzene rings is 1. The van der Waals surface area contributed by atoms with Crippen molar-refractivity contribution in [3.8, 4) is 11.5 Å². The lowest BCUT2D eigenvalue weighted by molar-refractivity contribution is 0.422. The van der Waals surface area contributed by atoms with Gasteiger partial charge in [0.25, 0.3) is 5.89 Å². The molecule has 1 atom stereocenters. The average Bonchev–Trinajstić information content (AvgIpc) is 3.22. The highest BCUT2D eigenvalue weighted by molar-refractivity contribution is 5.68. The third kappa shape index (κ3) is 2.35. The molecule has 1 saturated carbocycles. The molecule has 0 bridgehead atoms. The van der Waals surface area contributed by atoms with Crippen LogP contribution in [0.1, 0.15) is 48.2 Å². The van der Waals surface area contributed by atoms with Crippen LogP contribution in [-0.4, -0.2) is 20.1 Å². The van der Waals surface area contributed by atoms with E-state index in [-0.39, 0.29) is 6.04 Å². The summed E-state index contributed by atoms with van der Waals surface area (Å²) < 4.78 is 5.45. The van der Waals surface area contributed by atoms with Crippen molar-refractivity contribution in [2.24, 2.45) is 0 Å². The molecule has 0 saturated heterocycles. The van der Waals surface area contributed by atoms with Gasteiger partial charge >= 0.3 is 0 Å². The Morgan fingerprint density at radius 3 is 2.96 bits per heavy atom. The smallest absolute Gasteiger partial charge is 0.263 e. The Hall–Kier alpha value is -2.76. The maximum absolute atomic E-state index is 5.45. The molecule has 2 aromatic heterocycles. The maximum Gasteiger partial charge on any atom is 0.263 e. The molecule has 24 heavy (non-hydrogen) atoms. The molecule has 0 radical (unpaired) electrons. The van der Waals surface area contributed by atoms with E-state index < -0.39 is 0 Å². The molecule has 5 rings (SSSR count). The highest BCUT2D eigenvalue weighted by atomic mass is 16.5. The van der Waals surface area contributed by atoms with Crippen molar-refractivity contribution in [2.45, 2.75) is 37.6 Å². The van der Waals surface area contributed by atoms with Crippen LogP contribution in [0.5, 0.6) is 0 Å². The summed E-state index contributed by atoms with van der Waals surface area (Å²) in [6, 6.07) is 8.80. The number of aryl methyl sites for hydroxylation is 1. The molecule has 0 aliphatic heterocycles. The van der Waals surface area contributed by atoms with E-state index in [2.05, 4.69) is 49.7 Å². The van der Waals surface area contributed by atoms with Crippen molar-refractivity contribution >= 4 is 5.82 Å². The van der Waals surface area contributed by atoms with Crippen LogP contribution in [0.4, 0.5) is 5.82 Å². The zero-order valence-electron chi connectivity index (χ0n) is 13.1. The van der Waals surface area contributed by atoms with Crippen molar-refractivity contribution in [1.29, 1.82) is 0 Å². The summed E-state index contributed by atoms with van der Waals surface area (Å²) in [6.07, 6.45) is 7.72. The van der Waals surface area contributed by atoms with Gasteiger partial charge in [-0.15, -0.1) is 0 Å². The summed E-state index contributed by atoms with van der Waals surface area (Å²) in [4.78, 5) is 13.1. The van der Waals surface area contributed by atoms with Gasteiger partial charge in [0, 0.05) is 12.1 Å². The lowest BCUT2D eigenvalue weighted by atomic mass is 10.1. The number of hydrogen-bond acceptors (Lipinski definition) is 6. The minimum Gasteiger partial charge on any atom is -0.362 e. The molecule has 1 unspecified atom stereocenters. The molecule has 120 valence electrons. The first-order chi connectivity index (χ1) is 11.9. The quantitative estimate of drug-likeness (QED) is 0.793. The van der Waals surface area contributed by atoms with Crippen LogP contribution < -0.4 is 5.32 Å². The molecule has 1 N–H and O–H groups in total. The highest BCUT2D eigenvalue weighted by Gasteiger charge is 2.30. The number of nitrogens with one attached hydrogen (secondary N) is 1. The summed E-state index contributed by atoms with van der Waals surface area (Å²) >= 11 is 0. The Morgan fingerprint density at radius 2 is 2.04 bits per heavy atom. The Balaban J connectivity index is 1.46. The summed E-state index contributed by atoms with van der Waals surface area (Å²) in [5.41, 5.74) is 3.51. The zero-order valence-corrected chi connectivity index (χ0v) is 13.1. The standard InChI is InChI=1S/C18H17N5O/c1-2-4-13-11(3-1)7-8-15(13)21-17-14(9-19-10-20-17)18-22-16(23-24-18)12-5-6-12/h1-4,9-10,12,15H,5-8H2,(H,19,20,21). The lowest BCUT2D eigenvalue weighted by Gasteiger charge is -2.15. The number of fused-ring (bicyclic) bond motifs is 1. The van der Waals surface area contributed by atoms with Gasteiger partial charge in [-0.2, -0.15) is 4.98 Å². The van der Waals surface area contributed by atoms with Crippen molar-refractivity contribution < 1.29 is 4.52 Å². The fourth-order valence-electron chi connectivity index (χ4n) is 3.32. The summed E-state index contributed by atoms with van der Waals surface area (Å²) in [6.45, 7) is 0. The fraction of sp³-hybridized carbons (Fsp3) is 0.333. The molecule has 3 aromatic rings. The predicted molar refractivity (Wildman–Crippen MR) is 88.4 cm³/mol. The van der Waals surface area contributed by atoms with Gasteiger partial charge in [0.15, 0.2) is 5.82 Å². The monoisotopic (exact) mass is 319 g/mol. The molecule has 2 aliphatic carbocycles. The van der Waals surface area contributed by atoms with E-state index in [1.54, 1.807) is 12.5 Å². The largest absolute Gasteiger partial charge is 0.362 e. The molecule has 2 heterocycles. The molecule has 6 nitrogen and oxygen atoms in total. The molecule has 1 aromatic carbocycles. The second kappa shape index (κ2) is 5.40. The Labute approximate surface area is 139 Å². The summed E-state index contributed by atoms with van der Waals surface area (Å²) in [5.74, 6) is 2.50. The van der Waals surface area contributed by atoms with E-state index in [0.717, 1.165) is 42.9 Å². The predicted octanol–water partition coefficient (Wildman–Crippen LogP) is 3.50. The lowest BCUT2D eigenvalue weighted by Crippen LogP contribution is -2.09. The molecular weight excluding hydrogens is 302 g/mol. The second-order valence-corrected chi connectivity index (χ2v) is 6.45. The number of rotatable bonds is 4. The van der Waals surface area contributed by atoms with Crippen molar-refractivity contribution in [2.75, 3.05) is 5.32 Å². The van der Waals surface area contributed by atoms with Crippen LogP contribution in [0.25, 0.3) is 11.5 Å². The van der Waals surface area contributed by atoms with E-state index >= 15 is 0 Å². The van der Waals surface area contributed by atoms with Gasteiger partial charge in [-0.05, 0) is 36.8 Å². The summed E-state index contributed by atoms with van der Waals surface area (Å²) in [7, 11) is 0. The van der Waals surface area contributed by atoms with Crippen LogP contribution in [0.2, 0.25) is 0 Å². The fourth-order valence-corrected chi connectivity index (χ4v) is 3.32. The first kappa shape index (κ1) is 13.7. The van der Waals surface area contributed by atoms with E-state index in [4.69, 9.17) is 4.52 Å². The van der Waals surface area contributed by atoms with Crippen molar-refractivity contribution in [3.63, 3.8) is 0 Å². The highest BCUT2D eigenvalue weighted by Crippen LogP contribution is 2.40. The zero-order chi connectivity index (χ0) is 15.9. The van der Waals surface area contributed by atoms with Gasteiger partial charge in [0.1, 0.15) is 17.7 Å². The van der Waals surface area contributed by atoms with Crippen molar-refractivity contribution in [1.82, 2.24) is 20.1 Å². The molecule has 0 amide bonds. The molecule has 1 fully saturated rings. The third-order valence-electron chi connectivity index (χ3n) is 4.77. The van der Waals surface area contributed by atoms with Gasteiger partial charge < -0.3 is 9.84 Å². The van der Waals surface area contributed by atoms with E-state index in [0.29, 0.717) is 11.8 Å². The van der Waals surface area contributed by atoms with Crippen LogP contribution in [0.15, 0.2) is 41.3 Å². The number of aromatic nitrogens is 4. The Kier molecular flexibility index (Phi) is 3.07. The number of anilines is 1. The Morgan fingerprint density at radius 1 is 1.12 bits per heavy atom.